The summed E-state index contributed by atoms with van der Waals surface area (Å²) in [5, 5.41) is 11.6. The van der Waals surface area contributed by atoms with Crippen molar-refractivity contribution >= 4 is 5.91 Å². The molecule has 0 bridgehead atoms. The molecule has 86 valence electrons. The number of nitriles is 1. The Balaban J connectivity index is 4.29. The fraction of sp³-hybridized carbons (Fsp3) is 0.818. The molecule has 1 N–H and O–H groups in total. The number of rotatable bonds is 6. The van der Waals surface area contributed by atoms with Crippen molar-refractivity contribution in [1.82, 2.24) is 5.32 Å². The SMILES string of the molecule is CCCC(COC)NC(=O)C(C)(C)C#N. The van der Waals surface area contributed by atoms with Crippen LogP contribution < -0.4 is 5.32 Å². The van der Waals surface area contributed by atoms with Gasteiger partial charge in [-0.1, -0.05) is 13.3 Å². The maximum absolute atomic E-state index is 11.7. The fourth-order valence-corrected chi connectivity index (χ4v) is 1.16. The second kappa shape index (κ2) is 6.41. The van der Waals surface area contributed by atoms with E-state index in [0.29, 0.717) is 6.61 Å². The van der Waals surface area contributed by atoms with Gasteiger partial charge in [-0.2, -0.15) is 5.26 Å². The molecule has 0 heterocycles. The van der Waals surface area contributed by atoms with Crippen LogP contribution in [0, 0.1) is 16.7 Å². The standard InChI is InChI=1S/C11H20N2O2/c1-5-6-9(7-15-4)13-10(14)11(2,3)8-12/h9H,5-7H2,1-4H3,(H,13,14). The molecule has 0 rings (SSSR count). The van der Waals surface area contributed by atoms with E-state index in [4.69, 9.17) is 10.00 Å². The van der Waals surface area contributed by atoms with Gasteiger partial charge >= 0.3 is 0 Å². The Hall–Kier alpha value is -1.08. The Morgan fingerprint density at radius 2 is 2.20 bits per heavy atom. The maximum atomic E-state index is 11.7. The van der Waals surface area contributed by atoms with Crippen LogP contribution in [-0.2, 0) is 9.53 Å². The van der Waals surface area contributed by atoms with Gasteiger partial charge in [0.2, 0.25) is 5.91 Å². The van der Waals surface area contributed by atoms with Crippen LogP contribution in [0.1, 0.15) is 33.6 Å². The molecule has 0 saturated carbocycles. The molecule has 0 fully saturated rings. The number of carbonyl (C=O) groups is 1. The molecular formula is C11H20N2O2. The number of amides is 1. The van der Waals surface area contributed by atoms with Crippen molar-refractivity contribution in [1.29, 1.82) is 5.26 Å². The lowest BCUT2D eigenvalue weighted by atomic mass is 9.94. The second-order valence-electron chi connectivity index (χ2n) is 4.15. The highest BCUT2D eigenvalue weighted by Crippen LogP contribution is 2.13. The van der Waals surface area contributed by atoms with Gasteiger partial charge in [-0.25, -0.2) is 0 Å². The van der Waals surface area contributed by atoms with Crippen molar-refractivity contribution in [3.05, 3.63) is 0 Å². The number of carbonyl (C=O) groups excluding carboxylic acids is 1. The van der Waals surface area contributed by atoms with E-state index in [0.717, 1.165) is 12.8 Å². The quantitative estimate of drug-likeness (QED) is 0.725. The first-order valence-electron chi connectivity index (χ1n) is 5.19. The smallest absolute Gasteiger partial charge is 0.240 e. The van der Waals surface area contributed by atoms with Gasteiger partial charge in [0.15, 0.2) is 0 Å². The Morgan fingerprint density at radius 3 is 2.60 bits per heavy atom. The lowest BCUT2D eigenvalue weighted by molar-refractivity contribution is -0.128. The summed E-state index contributed by atoms with van der Waals surface area (Å²) in [6, 6.07) is 1.98. The molecule has 0 aliphatic heterocycles. The van der Waals surface area contributed by atoms with E-state index in [1.165, 1.54) is 0 Å². The van der Waals surface area contributed by atoms with Gasteiger partial charge < -0.3 is 10.1 Å². The number of hydrogen-bond donors (Lipinski definition) is 1. The third-order valence-corrected chi connectivity index (χ3v) is 2.19. The summed E-state index contributed by atoms with van der Waals surface area (Å²) in [4.78, 5) is 11.7. The van der Waals surface area contributed by atoms with Crippen LogP contribution in [-0.4, -0.2) is 25.7 Å². The normalized spacial score (nSPS) is 13.0. The lowest BCUT2D eigenvalue weighted by Gasteiger charge is -2.21. The highest BCUT2D eigenvalue weighted by atomic mass is 16.5. The molecule has 0 spiro atoms. The maximum Gasteiger partial charge on any atom is 0.240 e. The molecular weight excluding hydrogens is 192 g/mol. The van der Waals surface area contributed by atoms with Crippen molar-refractivity contribution in [2.24, 2.45) is 5.41 Å². The third kappa shape index (κ3) is 4.80. The van der Waals surface area contributed by atoms with Gasteiger partial charge in [-0.05, 0) is 20.3 Å². The van der Waals surface area contributed by atoms with Crippen molar-refractivity contribution in [2.75, 3.05) is 13.7 Å². The predicted molar refractivity (Wildman–Crippen MR) is 58.1 cm³/mol. The molecule has 0 aliphatic rings. The van der Waals surface area contributed by atoms with E-state index >= 15 is 0 Å². The topological polar surface area (TPSA) is 62.1 Å². The summed E-state index contributed by atoms with van der Waals surface area (Å²) < 4.78 is 5.01. The molecule has 1 amide bonds. The Kier molecular flexibility index (Phi) is 5.95. The van der Waals surface area contributed by atoms with Gasteiger partial charge in [0.1, 0.15) is 5.41 Å². The molecule has 0 aromatic carbocycles. The summed E-state index contributed by atoms with van der Waals surface area (Å²) in [7, 11) is 1.60. The molecule has 0 saturated heterocycles. The summed E-state index contributed by atoms with van der Waals surface area (Å²) >= 11 is 0. The molecule has 0 aromatic heterocycles. The van der Waals surface area contributed by atoms with Crippen molar-refractivity contribution in [3.8, 4) is 6.07 Å². The van der Waals surface area contributed by atoms with Crippen molar-refractivity contribution in [2.45, 2.75) is 39.7 Å². The molecule has 4 nitrogen and oxygen atoms in total. The van der Waals surface area contributed by atoms with Crippen LogP contribution in [0.2, 0.25) is 0 Å². The zero-order valence-electron chi connectivity index (χ0n) is 9.96. The zero-order valence-corrected chi connectivity index (χ0v) is 9.96. The lowest BCUT2D eigenvalue weighted by Crippen LogP contribution is -2.44. The average molecular weight is 212 g/mol. The van der Waals surface area contributed by atoms with E-state index in [9.17, 15) is 4.79 Å². The van der Waals surface area contributed by atoms with Crippen LogP contribution in [0.5, 0.6) is 0 Å². The first kappa shape index (κ1) is 13.9. The largest absolute Gasteiger partial charge is 0.383 e. The molecule has 0 radical (unpaired) electrons. The number of nitrogens with zero attached hydrogens (tertiary/aromatic N) is 1. The minimum atomic E-state index is -0.972. The summed E-state index contributed by atoms with van der Waals surface area (Å²) in [6.45, 7) is 5.75. The highest BCUT2D eigenvalue weighted by molar-refractivity contribution is 5.84. The van der Waals surface area contributed by atoms with E-state index in [1.54, 1.807) is 21.0 Å². The predicted octanol–water partition coefficient (Wildman–Crippen LogP) is 1.47. The average Bonchev–Trinajstić information content (AvgIpc) is 2.18. The summed E-state index contributed by atoms with van der Waals surface area (Å²) in [6.07, 6.45) is 1.84. The van der Waals surface area contributed by atoms with Crippen LogP contribution >= 0.6 is 0 Å². The Morgan fingerprint density at radius 1 is 1.60 bits per heavy atom. The molecule has 15 heavy (non-hydrogen) atoms. The first-order chi connectivity index (χ1) is 6.97. The van der Waals surface area contributed by atoms with E-state index in [2.05, 4.69) is 5.32 Å². The van der Waals surface area contributed by atoms with Crippen LogP contribution in [0.3, 0.4) is 0 Å². The van der Waals surface area contributed by atoms with E-state index in [1.807, 2.05) is 13.0 Å². The molecule has 1 unspecified atom stereocenters. The van der Waals surface area contributed by atoms with Crippen LogP contribution in [0.15, 0.2) is 0 Å². The summed E-state index contributed by atoms with van der Waals surface area (Å²) in [5.74, 6) is -0.236. The van der Waals surface area contributed by atoms with Gasteiger partial charge in [0.25, 0.3) is 0 Å². The number of nitrogens with one attached hydrogen (secondary N) is 1. The molecule has 4 heteroatoms. The van der Waals surface area contributed by atoms with Crippen LogP contribution in [0.4, 0.5) is 0 Å². The molecule has 0 aliphatic carbocycles. The third-order valence-electron chi connectivity index (χ3n) is 2.19. The van der Waals surface area contributed by atoms with Gasteiger partial charge in [-0.3, -0.25) is 4.79 Å². The fourth-order valence-electron chi connectivity index (χ4n) is 1.16. The van der Waals surface area contributed by atoms with Gasteiger partial charge in [0, 0.05) is 7.11 Å². The Labute approximate surface area is 91.6 Å². The van der Waals surface area contributed by atoms with Crippen molar-refractivity contribution < 1.29 is 9.53 Å². The monoisotopic (exact) mass is 212 g/mol. The number of ether oxygens (including phenoxy) is 1. The van der Waals surface area contributed by atoms with E-state index < -0.39 is 5.41 Å². The van der Waals surface area contributed by atoms with Gasteiger partial charge in [-0.15, -0.1) is 0 Å². The first-order valence-corrected chi connectivity index (χ1v) is 5.19. The van der Waals surface area contributed by atoms with E-state index in [-0.39, 0.29) is 11.9 Å². The van der Waals surface area contributed by atoms with Gasteiger partial charge in [0.05, 0.1) is 18.7 Å². The molecule has 0 aromatic rings. The second-order valence-corrected chi connectivity index (χ2v) is 4.15. The van der Waals surface area contributed by atoms with Crippen LogP contribution in [0.25, 0.3) is 0 Å². The minimum absolute atomic E-state index is 0.000116. The number of hydrogen-bond acceptors (Lipinski definition) is 3. The van der Waals surface area contributed by atoms with Crippen molar-refractivity contribution in [3.63, 3.8) is 0 Å². The highest BCUT2D eigenvalue weighted by Gasteiger charge is 2.28. The zero-order chi connectivity index (χ0) is 11.9. The molecule has 1 atom stereocenters. The number of methoxy groups -OCH3 is 1. The minimum Gasteiger partial charge on any atom is -0.383 e. The Bertz CT molecular complexity index is 237. The summed E-state index contributed by atoms with van der Waals surface area (Å²) in [5.41, 5.74) is -0.972.